The molecule has 2 rings (SSSR count). The van der Waals surface area contributed by atoms with Gasteiger partial charge < -0.3 is 20.5 Å². The van der Waals surface area contributed by atoms with Gasteiger partial charge in [-0.25, -0.2) is 9.79 Å². The first kappa shape index (κ1) is 13.5. The van der Waals surface area contributed by atoms with E-state index in [1.165, 1.54) is 18.0 Å². The number of ether oxygens (including phenoxy) is 1. The van der Waals surface area contributed by atoms with Crippen molar-refractivity contribution in [2.75, 3.05) is 13.7 Å². The van der Waals surface area contributed by atoms with Gasteiger partial charge in [0.2, 0.25) is 0 Å². The van der Waals surface area contributed by atoms with Crippen molar-refractivity contribution in [2.24, 2.45) is 4.99 Å². The third kappa shape index (κ3) is 2.90. The highest BCUT2D eigenvalue weighted by Gasteiger charge is 2.24. The van der Waals surface area contributed by atoms with E-state index < -0.39 is 12.0 Å². The minimum Gasteiger partial charge on any atom is -0.489 e. The number of carbonyl (C=O) groups is 2. The Morgan fingerprint density at radius 2 is 2.53 bits per heavy atom. The van der Waals surface area contributed by atoms with Gasteiger partial charge in [-0.15, -0.1) is 0 Å². The molecule has 0 saturated heterocycles. The van der Waals surface area contributed by atoms with Gasteiger partial charge in [-0.05, 0) is 0 Å². The number of nitrogens with zero attached hydrogens (tertiary/aromatic N) is 1. The summed E-state index contributed by atoms with van der Waals surface area (Å²) in [5.74, 6) is -0.161. The Bertz CT molecular complexity index is 498. The molecular formula is C11H13N3O4S. The van der Waals surface area contributed by atoms with E-state index in [2.05, 4.69) is 15.6 Å². The zero-order valence-corrected chi connectivity index (χ0v) is 11.0. The average Bonchev–Trinajstić information content (AvgIpc) is 2.86. The van der Waals surface area contributed by atoms with Crippen molar-refractivity contribution in [3.8, 4) is 0 Å². The number of hydrogen-bond acceptors (Lipinski definition) is 7. The Morgan fingerprint density at radius 1 is 1.74 bits per heavy atom. The fourth-order valence-electron chi connectivity index (χ4n) is 1.62. The lowest BCUT2D eigenvalue weighted by Crippen LogP contribution is -2.43. The number of aliphatic carboxylic acids is 1. The third-order valence-electron chi connectivity index (χ3n) is 2.56. The Hall–Kier alpha value is -1.96. The second-order valence-corrected chi connectivity index (χ2v) is 4.86. The molecule has 0 aromatic carbocycles. The van der Waals surface area contributed by atoms with Gasteiger partial charge in [-0.2, -0.15) is 0 Å². The third-order valence-corrected chi connectivity index (χ3v) is 3.71. The summed E-state index contributed by atoms with van der Waals surface area (Å²) in [6, 6.07) is -0.855. The van der Waals surface area contributed by atoms with Crippen LogP contribution in [0.15, 0.2) is 26.5 Å². The summed E-state index contributed by atoms with van der Waals surface area (Å²) in [7, 11) is 1.67. The fourth-order valence-corrected chi connectivity index (χ4v) is 2.62. The lowest BCUT2D eigenvalue weighted by atomic mass is 10.3. The van der Waals surface area contributed by atoms with Crippen LogP contribution < -0.4 is 10.6 Å². The van der Waals surface area contributed by atoms with Crippen LogP contribution in [-0.2, 0) is 14.3 Å². The van der Waals surface area contributed by atoms with Crippen LogP contribution in [0.25, 0.3) is 0 Å². The predicted octanol–water partition coefficient (Wildman–Crippen LogP) is 0.0236. The van der Waals surface area contributed by atoms with Crippen LogP contribution >= 0.6 is 11.8 Å². The van der Waals surface area contributed by atoms with E-state index in [1.807, 2.05) is 0 Å². The topological polar surface area (TPSA) is 100 Å². The van der Waals surface area contributed by atoms with Crippen molar-refractivity contribution in [2.45, 2.75) is 12.5 Å². The smallest absolute Gasteiger partial charge is 0.331 e. The summed E-state index contributed by atoms with van der Waals surface area (Å²) in [4.78, 5) is 26.6. The molecule has 2 aliphatic rings. The Labute approximate surface area is 113 Å². The van der Waals surface area contributed by atoms with Gasteiger partial charge in [0, 0.05) is 24.6 Å². The lowest BCUT2D eigenvalue weighted by molar-refractivity contribution is -0.137. The first-order valence-electron chi connectivity index (χ1n) is 5.60. The zero-order chi connectivity index (χ0) is 13.8. The molecule has 8 heteroatoms. The van der Waals surface area contributed by atoms with Crippen molar-refractivity contribution in [3.63, 3.8) is 0 Å². The van der Waals surface area contributed by atoms with Crippen molar-refractivity contribution in [1.82, 2.24) is 10.6 Å². The molecule has 0 fully saturated rings. The summed E-state index contributed by atoms with van der Waals surface area (Å²) < 4.78 is 5.17. The van der Waals surface area contributed by atoms with E-state index in [-0.39, 0.29) is 0 Å². The highest BCUT2D eigenvalue weighted by Crippen LogP contribution is 2.36. The lowest BCUT2D eigenvalue weighted by Gasteiger charge is -2.21. The number of carboxylic acids is 1. The second-order valence-electron chi connectivity index (χ2n) is 3.77. The Balaban J connectivity index is 2.17. The maximum Gasteiger partial charge on any atom is 0.331 e. The van der Waals surface area contributed by atoms with Crippen LogP contribution in [0.2, 0.25) is 0 Å². The first-order chi connectivity index (χ1) is 9.15. The van der Waals surface area contributed by atoms with Crippen LogP contribution in [0.4, 0.5) is 0 Å². The number of carbonyl (C=O) groups excluding carboxylic acids is 1. The molecule has 2 aliphatic heterocycles. The van der Waals surface area contributed by atoms with Gasteiger partial charge in [0.25, 0.3) is 0 Å². The normalized spacial score (nSPS) is 22.1. The van der Waals surface area contributed by atoms with Crippen LogP contribution in [0.1, 0.15) is 6.42 Å². The summed E-state index contributed by atoms with van der Waals surface area (Å²) in [6.45, 7) is 0.480. The minimum atomic E-state index is -1.00. The number of allylic oxidation sites excluding steroid dienone is 1. The van der Waals surface area contributed by atoms with Crippen molar-refractivity contribution in [3.05, 3.63) is 21.5 Å². The molecule has 2 heterocycles. The number of carboxylic acid groups (broad SMARTS) is 1. The van der Waals surface area contributed by atoms with Crippen LogP contribution in [0.3, 0.4) is 0 Å². The van der Waals surface area contributed by atoms with Crippen molar-refractivity contribution >= 4 is 30.2 Å². The number of thioether (sulfide) groups is 1. The van der Waals surface area contributed by atoms with Gasteiger partial charge in [0.05, 0.1) is 6.61 Å². The molecule has 7 nitrogen and oxygen atoms in total. The van der Waals surface area contributed by atoms with Crippen LogP contribution in [0.5, 0.6) is 0 Å². The van der Waals surface area contributed by atoms with Crippen molar-refractivity contribution in [1.29, 1.82) is 0 Å². The van der Waals surface area contributed by atoms with E-state index in [1.54, 1.807) is 7.05 Å². The van der Waals surface area contributed by atoms with Crippen LogP contribution in [-0.4, -0.2) is 43.3 Å². The SMILES string of the molecule is CNC1=C(SC2=C(C=O)OCC2)N=CC(C(=O)O)N1. The standard InChI is InChI=1S/C11H13N3O4S/c1-12-9-10(13-4-6(14-9)11(16)17)19-8-2-3-18-7(8)5-15/h4-6,12,14H,2-3H2,1H3,(H,16,17). The molecular weight excluding hydrogens is 270 g/mol. The van der Waals surface area contributed by atoms with E-state index >= 15 is 0 Å². The quantitative estimate of drug-likeness (QED) is 0.612. The van der Waals surface area contributed by atoms with E-state index in [9.17, 15) is 9.59 Å². The first-order valence-corrected chi connectivity index (χ1v) is 6.42. The highest BCUT2D eigenvalue weighted by molar-refractivity contribution is 8.06. The summed E-state index contributed by atoms with van der Waals surface area (Å²) in [5.41, 5.74) is 0. The second kappa shape index (κ2) is 5.79. The fraction of sp³-hybridized carbons (Fsp3) is 0.364. The minimum absolute atomic E-state index is 0.323. The molecule has 0 aromatic rings. The summed E-state index contributed by atoms with van der Waals surface area (Å²) >= 11 is 1.29. The van der Waals surface area contributed by atoms with E-state index in [0.717, 1.165) is 4.91 Å². The molecule has 0 radical (unpaired) electrons. The van der Waals surface area contributed by atoms with E-state index in [4.69, 9.17) is 9.84 Å². The molecule has 0 saturated carbocycles. The Morgan fingerprint density at radius 3 is 3.16 bits per heavy atom. The molecule has 0 spiro atoms. The summed E-state index contributed by atoms with van der Waals surface area (Å²) in [6.07, 6.45) is 2.65. The van der Waals surface area contributed by atoms with Gasteiger partial charge in [-0.3, -0.25) is 4.79 Å². The number of hydrogen-bond donors (Lipinski definition) is 3. The van der Waals surface area contributed by atoms with Crippen LogP contribution in [0, 0.1) is 0 Å². The van der Waals surface area contributed by atoms with Gasteiger partial charge in [0.15, 0.2) is 18.1 Å². The molecule has 0 aliphatic carbocycles. The molecule has 0 aromatic heterocycles. The molecule has 0 amide bonds. The number of rotatable bonds is 5. The summed E-state index contributed by atoms with van der Waals surface area (Å²) in [5, 5.41) is 15.2. The van der Waals surface area contributed by atoms with Crippen molar-refractivity contribution < 1.29 is 19.4 Å². The number of aldehydes is 1. The molecule has 102 valence electrons. The molecule has 1 atom stereocenters. The molecule has 1 unspecified atom stereocenters. The molecule has 3 N–H and O–H groups in total. The Kier molecular flexibility index (Phi) is 4.10. The van der Waals surface area contributed by atoms with Gasteiger partial charge in [0.1, 0.15) is 10.9 Å². The highest BCUT2D eigenvalue weighted by atomic mass is 32.2. The maximum absolute atomic E-state index is 10.9. The molecule has 0 bridgehead atoms. The maximum atomic E-state index is 10.9. The zero-order valence-electron chi connectivity index (χ0n) is 10.2. The largest absolute Gasteiger partial charge is 0.489 e. The molecule has 19 heavy (non-hydrogen) atoms. The van der Waals surface area contributed by atoms with Gasteiger partial charge in [-0.1, -0.05) is 11.8 Å². The number of nitrogens with one attached hydrogen (secondary N) is 2. The van der Waals surface area contributed by atoms with E-state index in [0.29, 0.717) is 35.9 Å². The monoisotopic (exact) mass is 283 g/mol. The average molecular weight is 283 g/mol. The predicted molar refractivity (Wildman–Crippen MR) is 70.4 cm³/mol. The number of aliphatic imine (C=N–C) groups is 1. The van der Waals surface area contributed by atoms with Gasteiger partial charge >= 0.3 is 5.97 Å².